The van der Waals surface area contributed by atoms with Crippen molar-refractivity contribution in [2.75, 3.05) is 19.7 Å². The van der Waals surface area contributed by atoms with Crippen LogP contribution in [-0.2, 0) is 37.0 Å². The van der Waals surface area contributed by atoms with E-state index in [4.69, 9.17) is 9.57 Å². The van der Waals surface area contributed by atoms with Crippen LogP contribution in [0.25, 0.3) is 10.8 Å². The van der Waals surface area contributed by atoms with E-state index in [1.165, 1.54) is 9.80 Å². The molecule has 5 rings (SSSR count). The van der Waals surface area contributed by atoms with Crippen molar-refractivity contribution in [3.8, 4) is 0 Å². The highest BCUT2D eigenvalue weighted by Gasteiger charge is 2.50. The molecule has 0 spiro atoms. The number of carboxylic acid groups (broad SMARTS) is 1. The quantitative estimate of drug-likeness (QED) is 0.512. The lowest BCUT2D eigenvalue weighted by Crippen LogP contribution is -2.72. The van der Waals surface area contributed by atoms with Crippen LogP contribution in [0.4, 0.5) is 4.79 Å². The number of rotatable bonds is 7. The fraction of sp³-hybridized carbons (Fsp3) is 0.286. The zero-order chi connectivity index (χ0) is 26.6. The molecule has 3 aromatic carbocycles. The minimum atomic E-state index is -1.05. The van der Waals surface area contributed by atoms with E-state index < -0.39 is 36.8 Å². The van der Waals surface area contributed by atoms with Crippen molar-refractivity contribution in [1.82, 2.24) is 14.9 Å². The van der Waals surface area contributed by atoms with Gasteiger partial charge in [-0.2, -0.15) is 5.06 Å². The number of hydrogen-bond acceptors (Lipinski definition) is 6. The number of hydroxylamine groups is 2. The fourth-order valence-electron chi connectivity index (χ4n) is 4.89. The van der Waals surface area contributed by atoms with Crippen LogP contribution in [0.2, 0.25) is 0 Å². The van der Waals surface area contributed by atoms with Crippen molar-refractivity contribution in [3.63, 3.8) is 0 Å². The van der Waals surface area contributed by atoms with Gasteiger partial charge >= 0.3 is 12.1 Å². The first-order chi connectivity index (χ1) is 18.4. The summed E-state index contributed by atoms with van der Waals surface area (Å²) in [6.45, 7) is -0.573. The summed E-state index contributed by atoms with van der Waals surface area (Å²) in [5, 5.41) is 12.2. The Hall–Kier alpha value is -4.44. The summed E-state index contributed by atoms with van der Waals surface area (Å²) in [6, 6.07) is 21.8. The summed E-state index contributed by atoms with van der Waals surface area (Å²) in [7, 11) is 0. The SMILES string of the molecule is O=C(O)CCN1CC2N(C(=O)OCc3ccccc3)OCC(=O)N2C(Cc2ccc3ccccc3c2)C1=O. The average molecular weight is 518 g/mol. The van der Waals surface area contributed by atoms with Crippen LogP contribution in [0.15, 0.2) is 72.8 Å². The fourth-order valence-corrected chi connectivity index (χ4v) is 4.89. The van der Waals surface area contributed by atoms with Crippen molar-refractivity contribution >= 4 is 34.6 Å². The highest BCUT2D eigenvalue weighted by Crippen LogP contribution is 2.28. The lowest BCUT2D eigenvalue weighted by molar-refractivity contribution is -0.243. The Balaban J connectivity index is 1.42. The number of benzene rings is 3. The Morgan fingerprint density at radius 3 is 2.45 bits per heavy atom. The van der Waals surface area contributed by atoms with Gasteiger partial charge in [-0.25, -0.2) is 4.79 Å². The number of carbonyl (C=O) groups excluding carboxylic acids is 3. The van der Waals surface area contributed by atoms with E-state index in [0.717, 1.165) is 27.0 Å². The second-order valence-electron chi connectivity index (χ2n) is 9.25. The molecule has 2 unspecified atom stereocenters. The summed E-state index contributed by atoms with van der Waals surface area (Å²) in [6.07, 6.45) is -1.83. The highest BCUT2D eigenvalue weighted by atomic mass is 16.7. The highest BCUT2D eigenvalue weighted by molar-refractivity contribution is 5.91. The molecule has 10 heteroatoms. The molecular weight excluding hydrogens is 490 g/mol. The first kappa shape index (κ1) is 25.2. The maximum Gasteiger partial charge on any atom is 0.436 e. The van der Waals surface area contributed by atoms with Crippen LogP contribution in [0.1, 0.15) is 17.5 Å². The first-order valence-electron chi connectivity index (χ1n) is 12.3. The second kappa shape index (κ2) is 10.9. The van der Waals surface area contributed by atoms with E-state index in [1.807, 2.05) is 72.8 Å². The Labute approximate surface area is 218 Å². The van der Waals surface area contributed by atoms with E-state index in [-0.39, 0.29) is 38.4 Å². The molecule has 38 heavy (non-hydrogen) atoms. The predicted octanol–water partition coefficient (Wildman–Crippen LogP) is 2.81. The molecule has 0 bridgehead atoms. The Morgan fingerprint density at radius 1 is 0.947 bits per heavy atom. The molecule has 196 valence electrons. The minimum Gasteiger partial charge on any atom is -0.481 e. The molecule has 0 aromatic heterocycles. The molecular formula is C28H27N3O7. The van der Waals surface area contributed by atoms with Gasteiger partial charge in [0.25, 0.3) is 5.91 Å². The van der Waals surface area contributed by atoms with Gasteiger partial charge in [-0.3, -0.25) is 19.2 Å². The third-order valence-electron chi connectivity index (χ3n) is 6.75. The van der Waals surface area contributed by atoms with Crippen LogP contribution in [0.3, 0.4) is 0 Å². The third kappa shape index (κ3) is 5.30. The van der Waals surface area contributed by atoms with Crippen molar-refractivity contribution < 1.29 is 33.9 Å². The predicted molar refractivity (Wildman–Crippen MR) is 135 cm³/mol. The molecule has 2 atom stereocenters. The van der Waals surface area contributed by atoms with Crippen molar-refractivity contribution in [1.29, 1.82) is 0 Å². The number of nitrogens with zero attached hydrogens (tertiary/aromatic N) is 3. The smallest absolute Gasteiger partial charge is 0.436 e. The van der Waals surface area contributed by atoms with Crippen LogP contribution < -0.4 is 0 Å². The van der Waals surface area contributed by atoms with Crippen molar-refractivity contribution in [2.45, 2.75) is 31.7 Å². The summed E-state index contributed by atoms with van der Waals surface area (Å²) in [5.41, 5.74) is 1.61. The lowest BCUT2D eigenvalue weighted by atomic mass is 9.97. The molecule has 1 N–H and O–H groups in total. The van der Waals surface area contributed by atoms with Crippen LogP contribution in [0.5, 0.6) is 0 Å². The van der Waals surface area contributed by atoms with Gasteiger partial charge < -0.3 is 19.6 Å². The van der Waals surface area contributed by atoms with E-state index >= 15 is 0 Å². The molecule has 2 fully saturated rings. The number of hydrogen-bond donors (Lipinski definition) is 1. The molecule has 3 amide bonds. The van der Waals surface area contributed by atoms with E-state index in [2.05, 4.69) is 0 Å². The van der Waals surface area contributed by atoms with Crippen molar-refractivity contribution in [3.05, 3.63) is 83.9 Å². The Bertz CT molecular complexity index is 1360. The van der Waals surface area contributed by atoms with E-state index in [0.29, 0.717) is 0 Å². The van der Waals surface area contributed by atoms with Gasteiger partial charge in [-0.15, -0.1) is 0 Å². The van der Waals surface area contributed by atoms with Gasteiger partial charge in [-0.05, 0) is 21.9 Å². The molecule has 2 heterocycles. The van der Waals surface area contributed by atoms with E-state index in [1.54, 1.807) is 0 Å². The summed E-state index contributed by atoms with van der Waals surface area (Å²) in [5.74, 6) is -1.86. The number of ether oxygens (including phenoxy) is 1. The maximum absolute atomic E-state index is 13.6. The molecule has 2 saturated heterocycles. The topological polar surface area (TPSA) is 117 Å². The molecule has 2 aliphatic heterocycles. The number of fused-ring (bicyclic) bond motifs is 2. The van der Waals surface area contributed by atoms with Crippen LogP contribution in [-0.4, -0.2) is 75.8 Å². The average Bonchev–Trinajstić information content (AvgIpc) is 2.93. The standard InChI is InChI=1S/C28H27N3O7/c32-25-18-38-31(28(36)37-17-19-6-2-1-3-7-19)24-16-29(13-12-26(33)34)27(35)23(30(24)25)15-20-10-11-21-8-4-5-9-22(21)14-20/h1-11,14,23-24H,12-13,15-18H2,(H,33,34). The first-order valence-corrected chi connectivity index (χ1v) is 12.3. The van der Waals surface area contributed by atoms with Crippen LogP contribution >= 0.6 is 0 Å². The number of amides is 3. The molecule has 0 aliphatic carbocycles. The third-order valence-corrected chi connectivity index (χ3v) is 6.75. The van der Waals surface area contributed by atoms with Crippen LogP contribution in [0, 0.1) is 0 Å². The lowest BCUT2D eigenvalue weighted by Gasteiger charge is -2.50. The number of aliphatic carboxylic acids is 1. The summed E-state index contributed by atoms with van der Waals surface area (Å²) in [4.78, 5) is 59.2. The Kier molecular flexibility index (Phi) is 7.23. The van der Waals surface area contributed by atoms with Crippen molar-refractivity contribution in [2.24, 2.45) is 0 Å². The minimum absolute atomic E-state index is 0.00236. The zero-order valence-corrected chi connectivity index (χ0v) is 20.6. The zero-order valence-electron chi connectivity index (χ0n) is 20.6. The number of carboxylic acids is 1. The molecule has 3 aromatic rings. The van der Waals surface area contributed by atoms with Gasteiger partial charge in [0.05, 0.1) is 13.0 Å². The van der Waals surface area contributed by atoms with Gasteiger partial charge in [0.1, 0.15) is 12.6 Å². The molecule has 10 nitrogen and oxygen atoms in total. The second-order valence-corrected chi connectivity index (χ2v) is 9.25. The molecule has 2 aliphatic rings. The summed E-state index contributed by atoms with van der Waals surface area (Å²) < 4.78 is 5.44. The normalized spacial score (nSPS) is 19.4. The van der Waals surface area contributed by atoms with E-state index in [9.17, 15) is 24.3 Å². The van der Waals surface area contributed by atoms with Gasteiger partial charge in [-0.1, -0.05) is 72.8 Å². The molecule has 0 saturated carbocycles. The number of carbonyl (C=O) groups is 4. The Morgan fingerprint density at radius 2 is 1.68 bits per heavy atom. The monoisotopic (exact) mass is 517 g/mol. The van der Waals surface area contributed by atoms with Gasteiger partial charge in [0, 0.05) is 13.0 Å². The summed E-state index contributed by atoms with van der Waals surface area (Å²) >= 11 is 0. The molecule has 0 radical (unpaired) electrons. The number of piperazine rings is 1. The van der Waals surface area contributed by atoms with Gasteiger partial charge in [0.2, 0.25) is 5.91 Å². The van der Waals surface area contributed by atoms with Gasteiger partial charge in [0.15, 0.2) is 12.8 Å². The maximum atomic E-state index is 13.6. The largest absolute Gasteiger partial charge is 0.481 e.